The smallest absolute Gasteiger partial charge is 0.192 e. The van der Waals surface area contributed by atoms with E-state index in [1.165, 1.54) is 11.8 Å². The Bertz CT molecular complexity index is 1100. The van der Waals surface area contributed by atoms with Crippen molar-refractivity contribution >= 4 is 29.1 Å². The molecule has 0 fully saturated rings. The molecule has 7 heteroatoms. The van der Waals surface area contributed by atoms with Gasteiger partial charge in [0.25, 0.3) is 0 Å². The molecule has 144 valence electrons. The maximum absolute atomic E-state index is 12.5. The molecule has 4 aromatic rings. The lowest BCUT2D eigenvalue weighted by Crippen LogP contribution is -2.07. The summed E-state index contributed by atoms with van der Waals surface area (Å²) in [4.78, 5) is 16.7. The van der Waals surface area contributed by atoms with E-state index < -0.39 is 0 Å². The maximum Gasteiger partial charge on any atom is 0.192 e. The van der Waals surface area contributed by atoms with E-state index >= 15 is 0 Å². The van der Waals surface area contributed by atoms with Gasteiger partial charge in [0.05, 0.1) is 12.3 Å². The van der Waals surface area contributed by atoms with Crippen LogP contribution >= 0.6 is 23.4 Å². The van der Waals surface area contributed by atoms with Crippen LogP contribution in [0, 0.1) is 0 Å². The summed E-state index contributed by atoms with van der Waals surface area (Å²) in [7, 11) is 0. The number of carbonyl (C=O) groups excluding carboxylic acids is 1. The third-order valence-electron chi connectivity index (χ3n) is 4.32. The van der Waals surface area contributed by atoms with E-state index in [1.54, 1.807) is 36.7 Å². The van der Waals surface area contributed by atoms with E-state index in [1.807, 2.05) is 34.9 Å². The number of aromatic nitrogens is 4. The Balaban J connectivity index is 1.59. The molecule has 0 atom stereocenters. The Morgan fingerprint density at radius 1 is 0.966 bits per heavy atom. The molecule has 4 rings (SSSR count). The summed E-state index contributed by atoms with van der Waals surface area (Å²) in [5.41, 5.74) is 2.64. The second-order valence-corrected chi connectivity index (χ2v) is 7.72. The lowest BCUT2D eigenvalue weighted by Gasteiger charge is -2.10. The van der Waals surface area contributed by atoms with Crippen LogP contribution in [0.25, 0.3) is 11.4 Å². The fraction of sp³-hybridized carbons (Fsp3) is 0.0909. The largest absolute Gasteiger partial charge is 0.297 e. The van der Waals surface area contributed by atoms with Crippen molar-refractivity contribution in [2.45, 2.75) is 11.7 Å². The number of ketones is 1. The van der Waals surface area contributed by atoms with Gasteiger partial charge in [-0.05, 0) is 42.0 Å². The Morgan fingerprint density at radius 3 is 2.48 bits per heavy atom. The van der Waals surface area contributed by atoms with E-state index in [0.29, 0.717) is 22.3 Å². The molecule has 2 heterocycles. The molecule has 0 aliphatic heterocycles. The van der Waals surface area contributed by atoms with Gasteiger partial charge in [-0.15, -0.1) is 10.2 Å². The Hall–Kier alpha value is -2.96. The zero-order chi connectivity index (χ0) is 20.1. The van der Waals surface area contributed by atoms with Crippen molar-refractivity contribution in [3.8, 4) is 11.4 Å². The van der Waals surface area contributed by atoms with Crippen molar-refractivity contribution in [1.29, 1.82) is 0 Å². The van der Waals surface area contributed by atoms with Crippen LogP contribution in [0.15, 0.2) is 84.3 Å². The summed E-state index contributed by atoms with van der Waals surface area (Å²) >= 11 is 7.28. The normalized spacial score (nSPS) is 10.8. The minimum Gasteiger partial charge on any atom is -0.297 e. The zero-order valence-electron chi connectivity index (χ0n) is 15.4. The number of carbonyl (C=O) groups is 1. The van der Waals surface area contributed by atoms with Gasteiger partial charge >= 0.3 is 0 Å². The minimum absolute atomic E-state index is 0.0175. The second-order valence-electron chi connectivity index (χ2n) is 6.34. The average molecular weight is 421 g/mol. The molecule has 0 aliphatic rings. The molecule has 2 aromatic carbocycles. The Morgan fingerprint density at radius 2 is 1.76 bits per heavy atom. The quantitative estimate of drug-likeness (QED) is 0.310. The van der Waals surface area contributed by atoms with Crippen LogP contribution in [0.2, 0.25) is 5.02 Å². The number of hydrogen-bond donors (Lipinski definition) is 0. The maximum atomic E-state index is 12.5. The van der Waals surface area contributed by atoms with Gasteiger partial charge in [0.2, 0.25) is 0 Å². The number of pyridine rings is 1. The number of benzene rings is 2. The van der Waals surface area contributed by atoms with Gasteiger partial charge in [-0.25, -0.2) is 0 Å². The van der Waals surface area contributed by atoms with Crippen molar-refractivity contribution in [3.63, 3.8) is 0 Å². The van der Waals surface area contributed by atoms with Crippen LogP contribution in [-0.2, 0) is 6.54 Å². The Labute approximate surface area is 177 Å². The van der Waals surface area contributed by atoms with Crippen LogP contribution in [0.5, 0.6) is 0 Å². The molecule has 0 amide bonds. The fourth-order valence-electron chi connectivity index (χ4n) is 2.86. The molecular weight excluding hydrogens is 404 g/mol. The number of Topliss-reactive ketones (excluding diaryl/α,β-unsaturated/α-hetero) is 1. The monoisotopic (exact) mass is 420 g/mol. The predicted octanol–water partition coefficient (Wildman–Crippen LogP) is 5.02. The predicted molar refractivity (Wildman–Crippen MR) is 115 cm³/mol. The SMILES string of the molecule is O=C(CSc1nnc(-c2cccnc2)n1Cc1ccccc1)c1ccc(Cl)cc1. The van der Waals surface area contributed by atoms with Crippen LogP contribution in [-0.4, -0.2) is 31.3 Å². The first-order valence-corrected chi connectivity index (χ1v) is 10.4. The lowest BCUT2D eigenvalue weighted by molar-refractivity contribution is 0.102. The number of halogens is 1. The molecule has 5 nitrogen and oxygen atoms in total. The van der Waals surface area contributed by atoms with E-state index in [9.17, 15) is 4.79 Å². The molecule has 0 spiro atoms. The summed E-state index contributed by atoms with van der Waals surface area (Å²) in [6, 6.07) is 20.8. The van der Waals surface area contributed by atoms with Crippen molar-refractivity contribution in [3.05, 3.63) is 95.3 Å². The molecule has 0 N–H and O–H groups in total. The minimum atomic E-state index is 0.0175. The summed E-state index contributed by atoms with van der Waals surface area (Å²) in [6.07, 6.45) is 3.49. The van der Waals surface area contributed by atoms with Crippen LogP contribution < -0.4 is 0 Å². The highest BCUT2D eigenvalue weighted by atomic mass is 35.5. The number of rotatable bonds is 7. The lowest BCUT2D eigenvalue weighted by atomic mass is 10.1. The van der Waals surface area contributed by atoms with Crippen LogP contribution in [0.1, 0.15) is 15.9 Å². The highest BCUT2D eigenvalue weighted by molar-refractivity contribution is 7.99. The summed E-state index contributed by atoms with van der Waals surface area (Å²) in [5.74, 6) is 1.01. The first kappa shape index (κ1) is 19.4. The van der Waals surface area contributed by atoms with E-state index in [-0.39, 0.29) is 11.5 Å². The van der Waals surface area contributed by atoms with Crippen molar-refractivity contribution in [2.75, 3.05) is 5.75 Å². The van der Waals surface area contributed by atoms with E-state index in [0.717, 1.165) is 17.0 Å². The molecule has 0 bridgehead atoms. The van der Waals surface area contributed by atoms with Crippen LogP contribution in [0.4, 0.5) is 0 Å². The average Bonchev–Trinajstić information content (AvgIpc) is 3.16. The first-order valence-electron chi connectivity index (χ1n) is 9.00. The summed E-state index contributed by atoms with van der Waals surface area (Å²) < 4.78 is 2.02. The molecule has 0 unspecified atom stereocenters. The van der Waals surface area contributed by atoms with Gasteiger partial charge in [-0.3, -0.25) is 14.3 Å². The van der Waals surface area contributed by atoms with Gasteiger partial charge < -0.3 is 0 Å². The van der Waals surface area contributed by atoms with Crippen molar-refractivity contribution < 1.29 is 4.79 Å². The molecular formula is C22H17ClN4OS. The topological polar surface area (TPSA) is 60.7 Å². The third kappa shape index (κ3) is 4.72. The molecule has 0 aliphatic carbocycles. The summed E-state index contributed by atoms with van der Waals surface area (Å²) in [6.45, 7) is 0.607. The van der Waals surface area contributed by atoms with Gasteiger partial charge in [0, 0.05) is 28.5 Å². The van der Waals surface area contributed by atoms with Crippen LogP contribution in [0.3, 0.4) is 0 Å². The van der Waals surface area contributed by atoms with Gasteiger partial charge in [-0.2, -0.15) is 0 Å². The highest BCUT2D eigenvalue weighted by Gasteiger charge is 2.17. The number of nitrogens with zero attached hydrogens (tertiary/aromatic N) is 4. The molecule has 0 radical (unpaired) electrons. The molecule has 0 saturated carbocycles. The molecule has 2 aromatic heterocycles. The third-order valence-corrected chi connectivity index (χ3v) is 5.54. The number of hydrogen-bond acceptors (Lipinski definition) is 5. The zero-order valence-corrected chi connectivity index (χ0v) is 17.0. The fourth-order valence-corrected chi connectivity index (χ4v) is 3.82. The summed E-state index contributed by atoms with van der Waals surface area (Å²) in [5, 5.41) is 10.0. The molecule has 0 saturated heterocycles. The first-order chi connectivity index (χ1) is 14.2. The second kappa shape index (κ2) is 9.03. The van der Waals surface area contributed by atoms with E-state index in [4.69, 9.17) is 11.6 Å². The highest BCUT2D eigenvalue weighted by Crippen LogP contribution is 2.25. The Kier molecular flexibility index (Phi) is 6.03. The molecule has 29 heavy (non-hydrogen) atoms. The van der Waals surface area contributed by atoms with Gasteiger partial charge in [0.15, 0.2) is 16.8 Å². The van der Waals surface area contributed by atoms with Gasteiger partial charge in [-0.1, -0.05) is 53.7 Å². The standard InChI is InChI=1S/C22H17ClN4OS/c23-19-10-8-17(9-11-19)20(28)15-29-22-26-25-21(18-7-4-12-24-13-18)27(22)14-16-5-2-1-3-6-16/h1-13H,14-15H2. The van der Waals surface area contributed by atoms with E-state index in [2.05, 4.69) is 27.3 Å². The number of thioether (sulfide) groups is 1. The van der Waals surface area contributed by atoms with Crippen molar-refractivity contribution in [1.82, 2.24) is 19.7 Å². The van der Waals surface area contributed by atoms with Crippen molar-refractivity contribution in [2.24, 2.45) is 0 Å². The van der Waals surface area contributed by atoms with Gasteiger partial charge in [0.1, 0.15) is 0 Å².